The van der Waals surface area contributed by atoms with E-state index in [1.165, 1.54) is 0 Å². The monoisotopic (exact) mass is 251 g/mol. The lowest BCUT2D eigenvalue weighted by molar-refractivity contribution is 0.0994. The second kappa shape index (κ2) is 5.74. The fourth-order valence-corrected chi connectivity index (χ4v) is 1.97. The van der Waals surface area contributed by atoms with E-state index in [2.05, 4.69) is 20.0 Å². The number of nitrogens with zero attached hydrogens (tertiary/aromatic N) is 4. The van der Waals surface area contributed by atoms with Crippen molar-refractivity contribution in [3.05, 3.63) is 17.8 Å². The number of carbonyl (C=O) groups is 1. The summed E-state index contributed by atoms with van der Waals surface area (Å²) in [6, 6.07) is 3.35. The van der Waals surface area contributed by atoms with E-state index in [-0.39, 0.29) is 12.3 Å². The number of primary amides is 1. The zero-order valence-corrected chi connectivity index (χ0v) is 10.1. The lowest BCUT2D eigenvalue weighted by Crippen LogP contribution is -2.47. The summed E-state index contributed by atoms with van der Waals surface area (Å²) in [4.78, 5) is 15.2. The summed E-state index contributed by atoms with van der Waals surface area (Å²) in [6.45, 7) is 4.35. The minimum absolute atomic E-state index is 0.178. The molecule has 7 heteroatoms. The van der Waals surface area contributed by atoms with Crippen molar-refractivity contribution in [1.82, 2.24) is 15.1 Å². The van der Waals surface area contributed by atoms with Crippen LogP contribution in [0.15, 0.2) is 12.1 Å². The summed E-state index contributed by atoms with van der Waals surface area (Å²) in [5.74, 6) is 0.186. The van der Waals surface area contributed by atoms with Crippen molar-refractivity contribution in [2.24, 2.45) is 5.73 Å². The number of hydrogen-bond donors (Lipinski definition) is 2. The molecule has 18 heavy (non-hydrogen) atoms. The van der Waals surface area contributed by atoms with Crippen LogP contribution in [0.5, 0.6) is 0 Å². The second-order valence-corrected chi connectivity index (χ2v) is 4.19. The maximum Gasteiger partial charge on any atom is 0.269 e. The fraction of sp³-hybridized carbons (Fsp3) is 0.545. The topological polar surface area (TPSA) is 95.6 Å². The molecule has 2 heterocycles. The molecule has 3 N–H and O–H groups in total. The molecule has 0 spiro atoms. The number of aliphatic hydroxyl groups excluding tert-OH is 1. The van der Waals surface area contributed by atoms with Gasteiger partial charge in [0.25, 0.3) is 5.91 Å². The second-order valence-electron chi connectivity index (χ2n) is 4.19. The maximum atomic E-state index is 10.9. The third-order valence-corrected chi connectivity index (χ3v) is 3.02. The number of carbonyl (C=O) groups excluding carboxylic acids is 1. The lowest BCUT2D eigenvalue weighted by Gasteiger charge is -2.34. The highest BCUT2D eigenvalue weighted by Crippen LogP contribution is 2.12. The quantitative estimate of drug-likeness (QED) is 0.690. The van der Waals surface area contributed by atoms with Gasteiger partial charge < -0.3 is 15.7 Å². The molecule has 1 amide bonds. The summed E-state index contributed by atoms with van der Waals surface area (Å²) >= 11 is 0. The number of anilines is 1. The first-order chi connectivity index (χ1) is 8.70. The molecule has 1 aromatic rings. The normalized spacial score (nSPS) is 16.8. The molecule has 2 rings (SSSR count). The molecular weight excluding hydrogens is 234 g/mol. The van der Waals surface area contributed by atoms with Gasteiger partial charge in [-0.25, -0.2) is 0 Å². The summed E-state index contributed by atoms with van der Waals surface area (Å²) in [7, 11) is 0. The molecule has 1 aromatic heterocycles. The first-order valence-corrected chi connectivity index (χ1v) is 5.92. The number of nitrogens with two attached hydrogens (primary N) is 1. The van der Waals surface area contributed by atoms with Gasteiger partial charge in [-0.2, -0.15) is 0 Å². The molecule has 0 saturated carbocycles. The van der Waals surface area contributed by atoms with Crippen LogP contribution < -0.4 is 10.6 Å². The van der Waals surface area contributed by atoms with Crippen LogP contribution in [-0.2, 0) is 0 Å². The standard InChI is InChI=1S/C11H17N5O2/c12-11(18)9-1-2-10(14-13-9)16-5-3-15(4-6-16)7-8-17/h1-2,17H,3-8H2,(H2,12,18). The molecule has 1 saturated heterocycles. The molecule has 0 aliphatic carbocycles. The van der Waals surface area contributed by atoms with Crippen LogP contribution in [0.25, 0.3) is 0 Å². The zero-order valence-electron chi connectivity index (χ0n) is 10.1. The Morgan fingerprint density at radius 2 is 2.00 bits per heavy atom. The Kier molecular flexibility index (Phi) is 4.06. The molecule has 1 aliphatic rings. The van der Waals surface area contributed by atoms with Crippen molar-refractivity contribution >= 4 is 11.7 Å². The number of amides is 1. The van der Waals surface area contributed by atoms with Gasteiger partial charge in [0.2, 0.25) is 0 Å². The first kappa shape index (κ1) is 12.7. The predicted octanol–water partition coefficient (Wildman–Crippen LogP) is -1.31. The molecule has 7 nitrogen and oxygen atoms in total. The van der Waals surface area contributed by atoms with Gasteiger partial charge >= 0.3 is 0 Å². The first-order valence-electron chi connectivity index (χ1n) is 5.92. The van der Waals surface area contributed by atoms with Crippen LogP contribution in [0.2, 0.25) is 0 Å². The summed E-state index contributed by atoms with van der Waals surface area (Å²) in [5, 5.41) is 16.7. The van der Waals surface area contributed by atoms with Gasteiger partial charge in [0, 0.05) is 32.7 Å². The van der Waals surface area contributed by atoms with Gasteiger partial charge in [-0.05, 0) is 12.1 Å². The summed E-state index contributed by atoms with van der Waals surface area (Å²) < 4.78 is 0. The Hall–Kier alpha value is -1.73. The van der Waals surface area contributed by atoms with Crippen LogP contribution in [0, 0.1) is 0 Å². The molecular formula is C11H17N5O2. The average molecular weight is 251 g/mol. The van der Waals surface area contributed by atoms with E-state index in [1.807, 2.05) is 0 Å². The van der Waals surface area contributed by atoms with Crippen molar-refractivity contribution in [2.45, 2.75) is 0 Å². The molecule has 0 radical (unpaired) electrons. The Labute approximate surface area is 105 Å². The predicted molar refractivity (Wildman–Crippen MR) is 66.3 cm³/mol. The van der Waals surface area contributed by atoms with Gasteiger partial charge in [-0.3, -0.25) is 9.69 Å². The lowest BCUT2D eigenvalue weighted by atomic mass is 10.3. The Bertz CT molecular complexity index is 400. The van der Waals surface area contributed by atoms with Crippen molar-refractivity contribution in [2.75, 3.05) is 44.2 Å². The number of piperazine rings is 1. The van der Waals surface area contributed by atoms with E-state index in [1.54, 1.807) is 12.1 Å². The highest BCUT2D eigenvalue weighted by molar-refractivity contribution is 5.90. The number of β-amino-alcohol motifs (C(OH)–C–C–N with tert-alkyl or cyclic N) is 1. The molecule has 0 unspecified atom stereocenters. The molecule has 0 aromatic carbocycles. The van der Waals surface area contributed by atoms with Crippen molar-refractivity contribution in [1.29, 1.82) is 0 Å². The SMILES string of the molecule is NC(=O)c1ccc(N2CCN(CCO)CC2)nn1. The van der Waals surface area contributed by atoms with Gasteiger partial charge in [-0.1, -0.05) is 0 Å². The molecule has 0 atom stereocenters. The Balaban J connectivity index is 1.95. The van der Waals surface area contributed by atoms with Crippen LogP contribution in [0.3, 0.4) is 0 Å². The van der Waals surface area contributed by atoms with Gasteiger partial charge in [-0.15, -0.1) is 10.2 Å². The third-order valence-electron chi connectivity index (χ3n) is 3.02. The van der Waals surface area contributed by atoms with Gasteiger partial charge in [0.1, 0.15) is 0 Å². The highest BCUT2D eigenvalue weighted by atomic mass is 16.3. The van der Waals surface area contributed by atoms with Crippen LogP contribution in [0.1, 0.15) is 10.5 Å². The zero-order chi connectivity index (χ0) is 13.0. The van der Waals surface area contributed by atoms with Crippen molar-refractivity contribution in [3.8, 4) is 0 Å². The fourth-order valence-electron chi connectivity index (χ4n) is 1.97. The minimum atomic E-state index is -0.568. The largest absolute Gasteiger partial charge is 0.395 e. The number of hydrogen-bond acceptors (Lipinski definition) is 6. The smallest absolute Gasteiger partial charge is 0.269 e. The number of rotatable bonds is 4. The molecule has 1 aliphatic heterocycles. The average Bonchev–Trinajstić information content (AvgIpc) is 2.40. The van der Waals surface area contributed by atoms with E-state index in [4.69, 9.17) is 10.8 Å². The number of aromatic nitrogens is 2. The Morgan fingerprint density at radius 3 is 2.50 bits per heavy atom. The van der Waals surface area contributed by atoms with Crippen LogP contribution >= 0.6 is 0 Å². The minimum Gasteiger partial charge on any atom is -0.395 e. The summed E-state index contributed by atoms with van der Waals surface area (Å²) in [6.07, 6.45) is 0. The third kappa shape index (κ3) is 2.93. The molecule has 98 valence electrons. The highest BCUT2D eigenvalue weighted by Gasteiger charge is 2.17. The van der Waals surface area contributed by atoms with E-state index in [0.29, 0.717) is 6.54 Å². The van der Waals surface area contributed by atoms with Gasteiger partial charge in [0.05, 0.1) is 6.61 Å². The van der Waals surface area contributed by atoms with E-state index in [0.717, 1.165) is 32.0 Å². The van der Waals surface area contributed by atoms with E-state index in [9.17, 15) is 4.79 Å². The molecule has 1 fully saturated rings. The van der Waals surface area contributed by atoms with Crippen LogP contribution in [0.4, 0.5) is 5.82 Å². The molecule has 0 bridgehead atoms. The van der Waals surface area contributed by atoms with Gasteiger partial charge in [0.15, 0.2) is 11.5 Å². The van der Waals surface area contributed by atoms with Crippen molar-refractivity contribution in [3.63, 3.8) is 0 Å². The Morgan fingerprint density at radius 1 is 1.28 bits per heavy atom. The number of aliphatic hydroxyl groups is 1. The van der Waals surface area contributed by atoms with E-state index >= 15 is 0 Å². The summed E-state index contributed by atoms with van der Waals surface area (Å²) in [5.41, 5.74) is 5.29. The van der Waals surface area contributed by atoms with Crippen molar-refractivity contribution < 1.29 is 9.90 Å². The van der Waals surface area contributed by atoms with Crippen LogP contribution in [-0.4, -0.2) is 65.4 Å². The van der Waals surface area contributed by atoms with E-state index < -0.39 is 5.91 Å². The maximum absolute atomic E-state index is 10.9.